The third-order valence-electron chi connectivity index (χ3n) is 2.75. The lowest BCUT2D eigenvalue weighted by atomic mass is 10.1. The van der Waals surface area contributed by atoms with Gasteiger partial charge in [0.15, 0.2) is 0 Å². The maximum absolute atomic E-state index is 12.9. The minimum Gasteiger partial charge on any atom is -0.393 e. The Bertz CT molecular complexity index is 395. The molecule has 0 saturated heterocycles. The number of hydrogen-bond acceptors (Lipinski definition) is 4. The van der Waals surface area contributed by atoms with E-state index in [9.17, 15) is 9.67 Å². The Morgan fingerprint density at radius 3 is 2.11 bits per heavy atom. The Kier molecular flexibility index (Phi) is 6.73. The molecule has 0 bridgehead atoms. The second kappa shape index (κ2) is 7.81. The molecule has 108 valence electrons. The number of benzene rings is 1. The van der Waals surface area contributed by atoms with Crippen LogP contribution in [-0.4, -0.2) is 24.4 Å². The first-order valence-corrected chi connectivity index (χ1v) is 8.26. The van der Waals surface area contributed by atoms with Gasteiger partial charge in [0.25, 0.3) is 0 Å². The van der Waals surface area contributed by atoms with Crippen LogP contribution in [0, 0.1) is 0 Å². The van der Waals surface area contributed by atoms with Crippen molar-refractivity contribution in [2.75, 3.05) is 13.2 Å². The van der Waals surface area contributed by atoms with Crippen LogP contribution in [0.3, 0.4) is 0 Å². The lowest BCUT2D eigenvalue weighted by molar-refractivity contribution is 0.165. The molecule has 1 N–H and O–H groups in total. The monoisotopic (exact) mass is 286 g/mol. The molecule has 0 heterocycles. The third-order valence-corrected chi connectivity index (χ3v) is 5.26. The highest BCUT2D eigenvalue weighted by molar-refractivity contribution is 7.54. The molecule has 4 nitrogen and oxygen atoms in total. The van der Waals surface area contributed by atoms with E-state index in [1.54, 1.807) is 20.8 Å². The predicted octanol–water partition coefficient (Wildman–Crippen LogP) is 3.76. The summed E-state index contributed by atoms with van der Waals surface area (Å²) in [4.78, 5) is 0. The zero-order valence-corrected chi connectivity index (χ0v) is 12.7. The van der Waals surface area contributed by atoms with Crippen molar-refractivity contribution in [3.8, 4) is 0 Å². The highest BCUT2D eigenvalue weighted by Gasteiger charge is 2.37. The third kappa shape index (κ3) is 4.73. The molecule has 2 unspecified atom stereocenters. The SMILES string of the molecule is CCOP(=O)(OCC)C(CC(C)O)c1ccccc1. The summed E-state index contributed by atoms with van der Waals surface area (Å²) in [5.74, 6) is 0. The number of aliphatic hydroxyl groups is 1. The molecular formula is C14H23O4P. The van der Waals surface area contributed by atoms with E-state index in [0.29, 0.717) is 19.6 Å². The van der Waals surface area contributed by atoms with Crippen LogP contribution in [0.1, 0.15) is 38.4 Å². The lowest BCUT2D eigenvalue weighted by Gasteiger charge is -2.27. The van der Waals surface area contributed by atoms with E-state index in [0.717, 1.165) is 5.56 Å². The summed E-state index contributed by atoms with van der Waals surface area (Å²) in [5, 5.41) is 9.65. The van der Waals surface area contributed by atoms with Crippen molar-refractivity contribution in [1.82, 2.24) is 0 Å². The van der Waals surface area contributed by atoms with Gasteiger partial charge in [-0.3, -0.25) is 4.57 Å². The summed E-state index contributed by atoms with van der Waals surface area (Å²) in [7, 11) is -3.27. The minimum atomic E-state index is -3.27. The maximum Gasteiger partial charge on any atom is 0.338 e. The molecule has 19 heavy (non-hydrogen) atoms. The second-order valence-electron chi connectivity index (χ2n) is 4.39. The first-order valence-electron chi connectivity index (χ1n) is 6.65. The van der Waals surface area contributed by atoms with Gasteiger partial charge in [-0.1, -0.05) is 30.3 Å². The molecule has 0 aliphatic heterocycles. The molecule has 1 aromatic carbocycles. The number of rotatable bonds is 8. The number of hydrogen-bond donors (Lipinski definition) is 1. The minimum absolute atomic E-state index is 0.320. The molecule has 5 heteroatoms. The zero-order valence-electron chi connectivity index (χ0n) is 11.8. The van der Waals surface area contributed by atoms with Gasteiger partial charge in [0.05, 0.1) is 25.0 Å². The molecular weight excluding hydrogens is 263 g/mol. The largest absolute Gasteiger partial charge is 0.393 e. The smallest absolute Gasteiger partial charge is 0.338 e. The van der Waals surface area contributed by atoms with Crippen molar-refractivity contribution in [2.24, 2.45) is 0 Å². The first-order chi connectivity index (χ1) is 9.03. The Morgan fingerprint density at radius 1 is 1.16 bits per heavy atom. The normalized spacial score (nSPS) is 15.2. The molecule has 0 saturated carbocycles. The van der Waals surface area contributed by atoms with E-state index < -0.39 is 19.4 Å². The van der Waals surface area contributed by atoms with Crippen LogP contribution in [0.25, 0.3) is 0 Å². The average Bonchev–Trinajstić information content (AvgIpc) is 2.37. The molecule has 0 fully saturated rings. The fourth-order valence-corrected chi connectivity index (χ4v) is 4.28. The predicted molar refractivity (Wildman–Crippen MR) is 76.3 cm³/mol. The van der Waals surface area contributed by atoms with E-state index in [-0.39, 0.29) is 0 Å². The van der Waals surface area contributed by atoms with Crippen LogP contribution in [-0.2, 0) is 13.6 Å². The van der Waals surface area contributed by atoms with Gasteiger partial charge < -0.3 is 14.2 Å². The fourth-order valence-electron chi connectivity index (χ4n) is 2.02. The van der Waals surface area contributed by atoms with Crippen molar-refractivity contribution in [3.63, 3.8) is 0 Å². The Balaban J connectivity index is 3.10. The summed E-state index contributed by atoms with van der Waals surface area (Å²) in [6, 6.07) is 9.43. The molecule has 2 atom stereocenters. The van der Waals surface area contributed by atoms with Gasteiger partial charge in [0.2, 0.25) is 0 Å². The topological polar surface area (TPSA) is 55.8 Å². The van der Waals surface area contributed by atoms with Crippen molar-refractivity contribution in [2.45, 2.75) is 39.0 Å². The molecule has 0 aliphatic carbocycles. The highest BCUT2D eigenvalue weighted by Crippen LogP contribution is 2.62. The van der Waals surface area contributed by atoms with Crippen molar-refractivity contribution >= 4 is 7.60 Å². The van der Waals surface area contributed by atoms with Gasteiger partial charge in [-0.05, 0) is 32.8 Å². The summed E-state index contributed by atoms with van der Waals surface area (Å²) in [5.41, 5.74) is 0.433. The summed E-state index contributed by atoms with van der Waals surface area (Å²) >= 11 is 0. The zero-order chi connectivity index (χ0) is 14.3. The number of aliphatic hydroxyl groups excluding tert-OH is 1. The van der Waals surface area contributed by atoms with Crippen molar-refractivity contribution in [1.29, 1.82) is 0 Å². The summed E-state index contributed by atoms with van der Waals surface area (Å²) in [6.45, 7) is 5.89. The van der Waals surface area contributed by atoms with E-state index >= 15 is 0 Å². The van der Waals surface area contributed by atoms with E-state index in [1.165, 1.54) is 0 Å². The Hall–Kier alpha value is -0.670. The molecule has 1 rings (SSSR count). The molecule has 0 aromatic heterocycles. The van der Waals surface area contributed by atoms with Gasteiger partial charge in [0.1, 0.15) is 0 Å². The van der Waals surface area contributed by atoms with Gasteiger partial charge in [0, 0.05) is 0 Å². The first kappa shape index (κ1) is 16.4. The molecule has 0 aliphatic rings. The molecule has 0 spiro atoms. The lowest BCUT2D eigenvalue weighted by Crippen LogP contribution is -2.13. The van der Waals surface area contributed by atoms with Crippen LogP contribution < -0.4 is 0 Å². The van der Waals surface area contributed by atoms with Gasteiger partial charge >= 0.3 is 7.60 Å². The van der Waals surface area contributed by atoms with Crippen molar-refractivity contribution in [3.05, 3.63) is 35.9 Å². The summed E-state index contributed by atoms with van der Waals surface area (Å²) in [6.07, 6.45) is -0.221. The quantitative estimate of drug-likeness (QED) is 0.739. The van der Waals surface area contributed by atoms with Gasteiger partial charge in [-0.25, -0.2) is 0 Å². The van der Waals surface area contributed by atoms with Crippen LogP contribution in [0.4, 0.5) is 0 Å². The van der Waals surface area contributed by atoms with E-state index in [4.69, 9.17) is 9.05 Å². The van der Waals surface area contributed by atoms with Crippen molar-refractivity contribution < 1.29 is 18.7 Å². The van der Waals surface area contributed by atoms with Crippen LogP contribution in [0.2, 0.25) is 0 Å². The van der Waals surface area contributed by atoms with Crippen LogP contribution >= 0.6 is 7.60 Å². The fraction of sp³-hybridized carbons (Fsp3) is 0.571. The van der Waals surface area contributed by atoms with Crippen LogP contribution in [0.5, 0.6) is 0 Å². The van der Waals surface area contributed by atoms with Gasteiger partial charge in [-0.15, -0.1) is 0 Å². The van der Waals surface area contributed by atoms with E-state index in [2.05, 4.69) is 0 Å². The molecule has 1 aromatic rings. The standard InChI is InChI=1S/C14H23O4P/c1-4-17-19(16,18-5-2)14(11-12(3)15)13-9-7-6-8-10-13/h6-10,12,14-15H,4-5,11H2,1-3H3. The van der Waals surface area contributed by atoms with Gasteiger partial charge in [-0.2, -0.15) is 0 Å². The van der Waals surface area contributed by atoms with Crippen LogP contribution in [0.15, 0.2) is 30.3 Å². The molecule has 0 radical (unpaired) electrons. The summed E-state index contributed by atoms with van der Waals surface area (Å²) < 4.78 is 23.7. The second-order valence-corrected chi connectivity index (χ2v) is 6.61. The molecule has 0 amide bonds. The Morgan fingerprint density at radius 2 is 1.68 bits per heavy atom. The highest BCUT2D eigenvalue weighted by atomic mass is 31.2. The van der Waals surface area contributed by atoms with E-state index in [1.807, 2.05) is 30.3 Å². The average molecular weight is 286 g/mol. The Labute approximate surface area is 115 Å². The maximum atomic E-state index is 12.9.